The summed E-state index contributed by atoms with van der Waals surface area (Å²) < 4.78 is 17.5. The standard InChI is InChI=1S/C24H21FN4OS2/c1-15(2)18-7-3-16(4-8-18)13-28-22(30)21-20(11-12-31-21)29-23(28)26-27-24(29)32-14-17-5-9-19(25)10-6-17/h3-12,15H,13-14H2,1-2H3. The van der Waals surface area contributed by atoms with E-state index in [1.165, 1.54) is 40.8 Å². The highest BCUT2D eigenvalue weighted by atomic mass is 32.2. The molecule has 5 rings (SSSR count). The molecule has 0 aliphatic carbocycles. The second-order valence-electron chi connectivity index (χ2n) is 7.96. The van der Waals surface area contributed by atoms with Crippen molar-refractivity contribution in [3.8, 4) is 0 Å². The van der Waals surface area contributed by atoms with Gasteiger partial charge in [0.1, 0.15) is 10.5 Å². The molecule has 3 aromatic heterocycles. The van der Waals surface area contributed by atoms with Gasteiger partial charge in [0, 0.05) is 5.75 Å². The van der Waals surface area contributed by atoms with E-state index in [0.717, 1.165) is 16.6 Å². The molecule has 0 spiro atoms. The van der Waals surface area contributed by atoms with E-state index in [2.05, 4.69) is 48.3 Å². The molecular formula is C24H21FN4OS2. The number of fused-ring (bicyclic) bond motifs is 3. The molecule has 3 heterocycles. The van der Waals surface area contributed by atoms with Crippen LogP contribution < -0.4 is 5.56 Å². The minimum atomic E-state index is -0.253. The molecule has 0 radical (unpaired) electrons. The van der Waals surface area contributed by atoms with Crippen molar-refractivity contribution in [1.29, 1.82) is 0 Å². The zero-order valence-corrected chi connectivity index (χ0v) is 19.3. The third-order valence-electron chi connectivity index (χ3n) is 5.45. The lowest BCUT2D eigenvalue weighted by Crippen LogP contribution is -2.23. The van der Waals surface area contributed by atoms with Gasteiger partial charge in [-0.3, -0.25) is 13.8 Å². The average Bonchev–Trinajstić information content (AvgIpc) is 3.44. The number of nitrogens with zero attached hydrogens (tertiary/aromatic N) is 4. The molecule has 5 nitrogen and oxygen atoms in total. The van der Waals surface area contributed by atoms with Gasteiger partial charge in [0.2, 0.25) is 5.78 Å². The Hall–Kier alpha value is -2.97. The molecule has 0 saturated carbocycles. The van der Waals surface area contributed by atoms with E-state index >= 15 is 0 Å². The molecule has 0 bridgehead atoms. The lowest BCUT2D eigenvalue weighted by molar-refractivity contribution is 0.627. The van der Waals surface area contributed by atoms with Gasteiger partial charge in [-0.25, -0.2) is 4.39 Å². The average molecular weight is 465 g/mol. The van der Waals surface area contributed by atoms with Crippen LogP contribution in [0.1, 0.15) is 36.5 Å². The summed E-state index contributed by atoms with van der Waals surface area (Å²) in [5.41, 5.74) is 4.05. The Labute approximate surface area is 192 Å². The Morgan fingerprint density at radius 1 is 1.00 bits per heavy atom. The van der Waals surface area contributed by atoms with Crippen molar-refractivity contribution in [1.82, 2.24) is 19.2 Å². The Morgan fingerprint density at radius 3 is 2.44 bits per heavy atom. The molecule has 0 N–H and O–H groups in total. The largest absolute Gasteiger partial charge is 0.273 e. The van der Waals surface area contributed by atoms with E-state index in [4.69, 9.17) is 0 Å². The van der Waals surface area contributed by atoms with Crippen LogP contribution in [-0.2, 0) is 12.3 Å². The van der Waals surface area contributed by atoms with Gasteiger partial charge < -0.3 is 0 Å². The van der Waals surface area contributed by atoms with Crippen molar-refractivity contribution in [3.05, 3.63) is 92.8 Å². The predicted octanol–water partition coefficient (Wildman–Crippen LogP) is 5.71. The quantitative estimate of drug-likeness (QED) is 0.302. The van der Waals surface area contributed by atoms with Crippen molar-refractivity contribution >= 4 is 39.1 Å². The van der Waals surface area contributed by atoms with E-state index in [1.807, 2.05) is 15.8 Å². The Balaban J connectivity index is 1.55. The highest BCUT2D eigenvalue weighted by Crippen LogP contribution is 2.27. The van der Waals surface area contributed by atoms with Crippen LogP contribution in [0.4, 0.5) is 4.39 Å². The van der Waals surface area contributed by atoms with Gasteiger partial charge in [-0.2, -0.15) is 0 Å². The van der Waals surface area contributed by atoms with Crippen LogP contribution in [0.25, 0.3) is 16.0 Å². The van der Waals surface area contributed by atoms with Gasteiger partial charge in [0.25, 0.3) is 5.56 Å². The van der Waals surface area contributed by atoms with Crippen LogP contribution in [-0.4, -0.2) is 19.2 Å². The molecule has 162 valence electrons. The number of thiophene rings is 1. The molecular weight excluding hydrogens is 443 g/mol. The van der Waals surface area contributed by atoms with Crippen molar-refractivity contribution < 1.29 is 4.39 Å². The third-order valence-corrected chi connectivity index (χ3v) is 7.34. The summed E-state index contributed by atoms with van der Waals surface area (Å²) in [5.74, 6) is 1.35. The van der Waals surface area contributed by atoms with Crippen molar-refractivity contribution in [2.24, 2.45) is 0 Å². The van der Waals surface area contributed by atoms with Crippen LogP contribution in [0.5, 0.6) is 0 Å². The van der Waals surface area contributed by atoms with E-state index in [-0.39, 0.29) is 11.4 Å². The maximum Gasteiger partial charge on any atom is 0.273 e. The summed E-state index contributed by atoms with van der Waals surface area (Å²) in [7, 11) is 0. The molecule has 32 heavy (non-hydrogen) atoms. The van der Waals surface area contributed by atoms with Gasteiger partial charge >= 0.3 is 0 Å². The Bertz CT molecular complexity index is 1450. The molecule has 2 aromatic carbocycles. The first kappa shape index (κ1) is 20.9. The number of thioether (sulfide) groups is 1. The highest BCUT2D eigenvalue weighted by Gasteiger charge is 2.18. The minimum absolute atomic E-state index is 0.0575. The summed E-state index contributed by atoms with van der Waals surface area (Å²) in [6.07, 6.45) is 0. The first-order valence-electron chi connectivity index (χ1n) is 10.3. The van der Waals surface area contributed by atoms with E-state index in [0.29, 0.717) is 33.8 Å². The van der Waals surface area contributed by atoms with Crippen LogP contribution in [0, 0.1) is 5.82 Å². The SMILES string of the molecule is CC(C)c1ccc(Cn2c(=O)c3sccc3n3c(SCc4ccc(F)cc4)nnc23)cc1. The monoisotopic (exact) mass is 464 g/mol. The number of benzene rings is 2. The molecule has 0 aliphatic heterocycles. The van der Waals surface area contributed by atoms with Crippen molar-refractivity contribution in [2.45, 2.75) is 37.2 Å². The number of hydrogen-bond acceptors (Lipinski definition) is 5. The predicted molar refractivity (Wildman–Crippen MR) is 128 cm³/mol. The van der Waals surface area contributed by atoms with E-state index in [1.54, 1.807) is 16.7 Å². The smallest absolute Gasteiger partial charge is 0.271 e. The highest BCUT2D eigenvalue weighted by molar-refractivity contribution is 7.98. The van der Waals surface area contributed by atoms with Crippen LogP contribution in [0.15, 0.2) is 69.9 Å². The second-order valence-corrected chi connectivity index (χ2v) is 9.81. The van der Waals surface area contributed by atoms with E-state index < -0.39 is 0 Å². The summed E-state index contributed by atoms with van der Waals surface area (Å²) in [6.45, 7) is 4.75. The van der Waals surface area contributed by atoms with E-state index in [9.17, 15) is 9.18 Å². The lowest BCUT2D eigenvalue weighted by atomic mass is 10.0. The molecule has 0 fully saturated rings. The van der Waals surface area contributed by atoms with Gasteiger partial charge in [-0.05, 0) is 46.2 Å². The molecule has 8 heteroatoms. The van der Waals surface area contributed by atoms with Gasteiger partial charge in [-0.1, -0.05) is 62.0 Å². The molecule has 0 amide bonds. The maximum atomic E-state index is 13.3. The van der Waals surface area contributed by atoms with Gasteiger partial charge in [-0.15, -0.1) is 21.5 Å². The summed E-state index contributed by atoms with van der Waals surface area (Å²) in [5, 5.41) is 11.4. The first-order chi connectivity index (χ1) is 15.5. The van der Waals surface area contributed by atoms with Crippen LogP contribution in [0.2, 0.25) is 0 Å². The number of halogens is 1. The zero-order chi connectivity index (χ0) is 22.2. The molecule has 0 unspecified atom stereocenters. The fraction of sp³-hybridized carbons (Fsp3) is 0.208. The van der Waals surface area contributed by atoms with Gasteiger partial charge in [0.05, 0.1) is 12.1 Å². The topological polar surface area (TPSA) is 52.2 Å². The molecule has 0 saturated heterocycles. The molecule has 5 aromatic rings. The number of rotatable bonds is 6. The fourth-order valence-electron chi connectivity index (χ4n) is 3.65. The third kappa shape index (κ3) is 3.84. The molecule has 0 atom stereocenters. The summed E-state index contributed by atoms with van der Waals surface area (Å²) >= 11 is 2.94. The summed E-state index contributed by atoms with van der Waals surface area (Å²) in [4.78, 5) is 13.3. The Morgan fingerprint density at radius 2 is 1.72 bits per heavy atom. The normalized spacial score (nSPS) is 11.8. The number of hydrogen-bond donors (Lipinski definition) is 0. The molecule has 0 aliphatic rings. The van der Waals surface area contributed by atoms with Crippen LogP contribution in [0.3, 0.4) is 0 Å². The number of aromatic nitrogens is 4. The zero-order valence-electron chi connectivity index (χ0n) is 17.7. The van der Waals surface area contributed by atoms with Crippen molar-refractivity contribution in [2.75, 3.05) is 0 Å². The van der Waals surface area contributed by atoms with Gasteiger partial charge in [0.15, 0.2) is 5.16 Å². The second kappa shape index (κ2) is 8.52. The first-order valence-corrected chi connectivity index (χ1v) is 12.2. The van der Waals surface area contributed by atoms with Crippen LogP contribution >= 0.6 is 23.1 Å². The lowest BCUT2D eigenvalue weighted by Gasteiger charge is -2.11. The van der Waals surface area contributed by atoms with Crippen molar-refractivity contribution in [3.63, 3.8) is 0 Å². The summed E-state index contributed by atoms with van der Waals surface area (Å²) in [6, 6.07) is 16.7. The maximum absolute atomic E-state index is 13.3. The minimum Gasteiger partial charge on any atom is -0.271 e. The fourth-order valence-corrected chi connectivity index (χ4v) is 5.37. The Kier molecular flexibility index (Phi) is 5.57.